The molecule has 22 heavy (non-hydrogen) atoms. The van der Waals surface area contributed by atoms with Crippen molar-refractivity contribution in [1.29, 1.82) is 0 Å². The van der Waals surface area contributed by atoms with E-state index in [1.54, 1.807) is 12.1 Å². The van der Waals surface area contributed by atoms with Crippen LogP contribution in [0.2, 0.25) is 0 Å². The van der Waals surface area contributed by atoms with Gasteiger partial charge in [-0.2, -0.15) is 0 Å². The SMILES string of the molecule is O=C(NCC(O)c1cccc2ccccc12)c1ccccc1. The van der Waals surface area contributed by atoms with Crippen LogP contribution in [0.4, 0.5) is 0 Å². The first-order valence-electron chi connectivity index (χ1n) is 7.24. The number of aliphatic hydroxyl groups excluding tert-OH is 1. The summed E-state index contributed by atoms with van der Waals surface area (Å²) < 4.78 is 0. The summed E-state index contributed by atoms with van der Waals surface area (Å²) in [6, 6.07) is 22.7. The molecule has 0 saturated carbocycles. The molecule has 0 aliphatic heterocycles. The number of nitrogens with one attached hydrogen (secondary N) is 1. The molecule has 1 atom stereocenters. The number of hydrogen-bond acceptors (Lipinski definition) is 2. The van der Waals surface area contributed by atoms with Gasteiger partial charge in [0.15, 0.2) is 0 Å². The average Bonchev–Trinajstić information content (AvgIpc) is 2.59. The molecule has 0 spiro atoms. The first-order chi connectivity index (χ1) is 10.8. The molecule has 2 N–H and O–H groups in total. The van der Waals surface area contributed by atoms with Gasteiger partial charge in [0.25, 0.3) is 5.91 Å². The van der Waals surface area contributed by atoms with Crippen LogP contribution in [0.1, 0.15) is 22.0 Å². The predicted molar refractivity (Wildman–Crippen MR) is 87.7 cm³/mol. The Morgan fingerprint density at radius 1 is 0.909 bits per heavy atom. The summed E-state index contributed by atoms with van der Waals surface area (Å²) >= 11 is 0. The molecule has 1 unspecified atom stereocenters. The Kier molecular flexibility index (Phi) is 4.17. The van der Waals surface area contributed by atoms with Crippen molar-refractivity contribution in [3.8, 4) is 0 Å². The first kappa shape index (κ1) is 14.3. The molecule has 0 bridgehead atoms. The molecule has 0 fully saturated rings. The lowest BCUT2D eigenvalue weighted by molar-refractivity contribution is 0.0917. The third-order valence-electron chi connectivity index (χ3n) is 3.67. The summed E-state index contributed by atoms with van der Waals surface area (Å²) in [6.07, 6.45) is -0.737. The van der Waals surface area contributed by atoms with Crippen LogP contribution in [-0.4, -0.2) is 17.6 Å². The number of carbonyl (C=O) groups is 1. The monoisotopic (exact) mass is 291 g/mol. The summed E-state index contributed by atoms with van der Waals surface area (Å²) in [5, 5.41) is 15.3. The van der Waals surface area contributed by atoms with E-state index in [0.29, 0.717) is 5.56 Å². The zero-order valence-electron chi connectivity index (χ0n) is 12.1. The summed E-state index contributed by atoms with van der Waals surface area (Å²) in [6.45, 7) is 0.182. The third kappa shape index (κ3) is 3.00. The van der Waals surface area contributed by atoms with Crippen molar-refractivity contribution in [2.24, 2.45) is 0 Å². The molecular formula is C19H17NO2. The molecule has 0 aliphatic carbocycles. The van der Waals surface area contributed by atoms with Crippen molar-refractivity contribution >= 4 is 16.7 Å². The zero-order valence-corrected chi connectivity index (χ0v) is 12.1. The number of amides is 1. The minimum Gasteiger partial charge on any atom is -0.387 e. The summed E-state index contributed by atoms with van der Waals surface area (Å²) in [7, 11) is 0. The molecule has 3 rings (SSSR count). The lowest BCUT2D eigenvalue weighted by Crippen LogP contribution is -2.28. The molecule has 0 heterocycles. The molecule has 3 aromatic rings. The standard InChI is InChI=1S/C19H17NO2/c21-18(13-20-19(22)15-8-2-1-3-9-15)17-12-6-10-14-7-4-5-11-16(14)17/h1-12,18,21H,13H2,(H,20,22). The van der Waals surface area contributed by atoms with Crippen LogP contribution in [-0.2, 0) is 0 Å². The minimum atomic E-state index is -0.737. The van der Waals surface area contributed by atoms with E-state index in [1.165, 1.54) is 0 Å². The molecule has 3 heteroatoms. The molecule has 3 nitrogen and oxygen atoms in total. The van der Waals surface area contributed by atoms with Crippen LogP contribution < -0.4 is 5.32 Å². The molecule has 0 aromatic heterocycles. The van der Waals surface area contributed by atoms with Crippen molar-refractivity contribution in [2.75, 3.05) is 6.54 Å². The maximum absolute atomic E-state index is 12.0. The van der Waals surface area contributed by atoms with Gasteiger partial charge in [-0.3, -0.25) is 4.79 Å². The van der Waals surface area contributed by atoms with Crippen molar-refractivity contribution in [2.45, 2.75) is 6.10 Å². The maximum Gasteiger partial charge on any atom is 0.251 e. The van der Waals surface area contributed by atoms with Crippen LogP contribution in [0.25, 0.3) is 10.8 Å². The largest absolute Gasteiger partial charge is 0.387 e. The maximum atomic E-state index is 12.0. The Bertz CT molecular complexity index is 778. The number of carbonyl (C=O) groups excluding carboxylic acids is 1. The van der Waals surface area contributed by atoms with Gasteiger partial charge in [-0.25, -0.2) is 0 Å². The van der Waals surface area contributed by atoms with E-state index >= 15 is 0 Å². The van der Waals surface area contributed by atoms with Crippen LogP contribution in [0.5, 0.6) is 0 Å². The lowest BCUT2D eigenvalue weighted by Gasteiger charge is -2.14. The van der Waals surface area contributed by atoms with Crippen molar-refractivity contribution in [3.05, 3.63) is 83.9 Å². The minimum absolute atomic E-state index is 0.181. The second-order valence-electron chi connectivity index (χ2n) is 5.16. The molecule has 0 radical (unpaired) electrons. The van der Waals surface area contributed by atoms with Gasteiger partial charge < -0.3 is 10.4 Å². The number of hydrogen-bond donors (Lipinski definition) is 2. The van der Waals surface area contributed by atoms with Crippen LogP contribution >= 0.6 is 0 Å². The lowest BCUT2D eigenvalue weighted by atomic mass is 10.0. The van der Waals surface area contributed by atoms with E-state index in [2.05, 4.69) is 5.32 Å². The van der Waals surface area contributed by atoms with Crippen molar-refractivity contribution < 1.29 is 9.90 Å². The molecule has 110 valence electrons. The summed E-state index contributed by atoms with van der Waals surface area (Å²) in [5.41, 5.74) is 1.42. The normalized spacial score (nSPS) is 12.0. The van der Waals surface area contributed by atoms with E-state index in [9.17, 15) is 9.90 Å². The quantitative estimate of drug-likeness (QED) is 0.775. The van der Waals surface area contributed by atoms with Gasteiger partial charge in [0.1, 0.15) is 0 Å². The highest BCUT2D eigenvalue weighted by Gasteiger charge is 2.13. The highest BCUT2D eigenvalue weighted by molar-refractivity contribution is 5.94. The molecule has 0 saturated heterocycles. The Hall–Kier alpha value is -2.65. The van der Waals surface area contributed by atoms with Gasteiger partial charge in [-0.1, -0.05) is 60.7 Å². The number of aliphatic hydroxyl groups is 1. The number of fused-ring (bicyclic) bond motifs is 1. The van der Waals surface area contributed by atoms with Gasteiger partial charge in [0.2, 0.25) is 0 Å². The van der Waals surface area contributed by atoms with Gasteiger partial charge in [0, 0.05) is 12.1 Å². The Morgan fingerprint density at radius 3 is 2.41 bits per heavy atom. The second kappa shape index (κ2) is 6.41. The van der Waals surface area contributed by atoms with E-state index in [1.807, 2.05) is 60.7 Å². The Labute approximate surface area is 129 Å². The highest BCUT2D eigenvalue weighted by Crippen LogP contribution is 2.23. The molecule has 0 aliphatic rings. The topological polar surface area (TPSA) is 49.3 Å². The van der Waals surface area contributed by atoms with Crippen molar-refractivity contribution in [3.63, 3.8) is 0 Å². The molecular weight excluding hydrogens is 274 g/mol. The van der Waals surface area contributed by atoms with Gasteiger partial charge in [0.05, 0.1) is 6.10 Å². The smallest absolute Gasteiger partial charge is 0.251 e. The van der Waals surface area contributed by atoms with E-state index in [-0.39, 0.29) is 12.5 Å². The van der Waals surface area contributed by atoms with E-state index in [4.69, 9.17) is 0 Å². The van der Waals surface area contributed by atoms with Crippen molar-refractivity contribution in [1.82, 2.24) is 5.32 Å². The third-order valence-corrected chi connectivity index (χ3v) is 3.67. The summed E-state index contributed by atoms with van der Waals surface area (Å²) in [4.78, 5) is 12.0. The fourth-order valence-electron chi connectivity index (χ4n) is 2.53. The summed E-state index contributed by atoms with van der Waals surface area (Å²) in [5.74, 6) is -0.181. The number of rotatable bonds is 4. The predicted octanol–water partition coefficient (Wildman–Crippen LogP) is 3.30. The average molecular weight is 291 g/mol. The molecule has 1 amide bonds. The van der Waals surface area contributed by atoms with Crippen LogP contribution in [0, 0.1) is 0 Å². The zero-order chi connectivity index (χ0) is 15.4. The van der Waals surface area contributed by atoms with Gasteiger partial charge >= 0.3 is 0 Å². The highest BCUT2D eigenvalue weighted by atomic mass is 16.3. The van der Waals surface area contributed by atoms with Crippen LogP contribution in [0.3, 0.4) is 0 Å². The van der Waals surface area contributed by atoms with Crippen LogP contribution in [0.15, 0.2) is 72.8 Å². The van der Waals surface area contributed by atoms with Gasteiger partial charge in [-0.05, 0) is 28.5 Å². The Morgan fingerprint density at radius 2 is 1.59 bits per heavy atom. The fourth-order valence-corrected chi connectivity index (χ4v) is 2.53. The molecule has 3 aromatic carbocycles. The van der Waals surface area contributed by atoms with E-state index in [0.717, 1.165) is 16.3 Å². The first-order valence-corrected chi connectivity index (χ1v) is 7.24. The second-order valence-corrected chi connectivity index (χ2v) is 5.16. The van der Waals surface area contributed by atoms with E-state index < -0.39 is 6.10 Å². The Balaban J connectivity index is 1.74. The van der Waals surface area contributed by atoms with Gasteiger partial charge in [-0.15, -0.1) is 0 Å². The number of benzene rings is 3. The fraction of sp³-hybridized carbons (Fsp3) is 0.105.